The minimum Gasteiger partial charge on any atom is -0.542 e. The third-order valence-electron chi connectivity index (χ3n) is 7.26. The number of quaternary nitrogens is 1. The molecule has 0 bridgehead atoms. The van der Waals surface area contributed by atoms with Crippen LogP contribution in [0.4, 0.5) is 23.7 Å². The lowest BCUT2D eigenvalue weighted by Gasteiger charge is -2.35. The zero-order valence-electron chi connectivity index (χ0n) is 24.6. The highest BCUT2D eigenvalue weighted by atomic mass is 19.4. The van der Waals surface area contributed by atoms with Crippen molar-refractivity contribution >= 4 is 23.7 Å². The monoisotopic (exact) mass is 623 g/mol. The summed E-state index contributed by atoms with van der Waals surface area (Å²) in [6.07, 6.45) is -4.27. The van der Waals surface area contributed by atoms with Gasteiger partial charge < -0.3 is 30.3 Å². The van der Waals surface area contributed by atoms with Gasteiger partial charge in [0.15, 0.2) is 0 Å². The molecule has 45 heavy (non-hydrogen) atoms. The standard InChI is InChI=1S/C30H31N5O3.C2HF3O2/c1-19-27(22-9-11-24(12-10-22)33-30(37)38-2)34-28(32-19)26(17-20-6-4-3-5-7-20)35-15-14-23-16-21(18-31)8-13-25(23)29(35)36;3-2(4,5)1(6)7/h3-13,16,26H,14-15,17-18,31H2,1-2H3,(H,32,34)(H,33,37);(H,6,7)/t26-;/m0./s1. The number of imidazole rings is 1. The summed E-state index contributed by atoms with van der Waals surface area (Å²) in [6.45, 7) is 3.31. The van der Waals surface area contributed by atoms with Crippen LogP contribution in [0.25, 0.3) is 11.3 Å². The number of carbonyl (C=O) groups is 3. The Labute approximate surface area is 257 Å². The minimum absolute atomic E-state index is 0.0247. The molecule has 2 heterocycles. The van der Waals surface area contributed by atoms with E-state index in [2.05, 4.69) is 39.0 Å². The summed E-state index contributed by atoms with van der Waals surface area (Å²) in [5, 5.41) is 11.4. The molecule has 1 aliphatic rings. The lowest BCUT2D eigenvalue weighted by atomic mass is 9.94. The topological polar surface area (TPSA) is 155 Å². The van der Waals surface area contributed by atoms with E-state index >= 15 is 0 Å². The lowest BCUT2D eigenvalue weighted by molar-refractivity contribution is -0.386. The molecule has 1 aromatic heterocycles. The van der Waals surface area contributed by atoms with Crippen LogP contribution >= 0.6 is 0 Å². The second kappa shape index (κ2) is 14.1. The number of aryl methyl sites for hydroxylation is 1. The first-order valence-corrected chi connectivity index (χ1v) is 14.0. The van der Waals surface area contributed by atoms with E-state index in [1.165, 1.54) is 7.11 Å². The zero-order valence-corrected chi connectivity index (χ0v) is 24.6. The highest BCUT2D eigenvalue weighted by Gasteiger charge is 2.33. The second-order valence-electron chi connectivity index (χ2n) is 10.3. The van der Waals surface area contributed by atoms with Crippen molar-refractivity contribution in [1.29, 1.82) is 0 Å². The number of carboxylic acid groups (broad SMARTS) is 1. The summed E-state index contributed by atoms with van der Waals surface area (Å²) >= 11 is 0. The number of fused-ring (bicyclic) bond motifs is 1. The SMILES string of the molecule is COC(=O)Nc1ccc(-c2nc([C@H](Cc3ccccc3)N3CCc4cc(C[NH3+])ccc4C3=O)[nH]c2C)cc1.O=C([O-])C(F)(F)F. The van der Waals surface area contributed by atoms with E-state index < -0.39 is 18.2 Å². The predicted octanol–water partition coefficient (Wildman–Crippen LogP) is 3.59. The fourth-order valence-electron chi connectivity index (χ4n) is 5.01. The lowest BCUT2D eigenvalue weighted by Crippen LogP contribution is -2.47. The molecule has 2 amide bonds. The second-order valence-corrected chi connectivity index (χ2v) is 10.3. The van der Waals surface area contributed by atoms with Gasteiger partial charge in [0, 0.05) is 41.0 Å². The van der Waals surface area contributed by atoms with Crippen LogP contribution in [-0.4, -0.2) is 52.7 Å². The Morgan fingerprint density at radius 3 is 2.36 bits per heavy atom. The van der Waals surface area contributed by atoms with Crippen LogP contribution in [0.15, 0.2) is 72.8 Å². The van der Waals surface area contributed by atoms with Crippen LogP contribution in [0.3, 0.4) is 0 Å². The number of rotatable bonds is 7. The van der Waals surface area contributed by atoms with Crippen LogP contribution in [0.5, 0.6) is 0 Å². The number of H-pyrrole nitrogens is 1. The highest BCUT2D eigenvalue weighted by molar-refractivity contribution is 5.97. The van der Waals surface area contributed by atoms with Crippen molar-refractivity contribution in [2.24, 2.45) is 0 Å². The van der Waals surface area contributed by atoms with Gasteiger partial charge >= 0.3 is 12.3 Å². The molecule has 0 saturated carbocycles. The number of hydrogen-bond acceptors (Lipinski definition) is 6. The molecule has 0 spiro atoms. The molecular weight excluding hydrogens is 591 g/mol. The first kappa shape index (κ1) is 32.7. The number of aromatic nitrogens is 2. The normalized spacial score (nSPS) is 13.3. The van der Waals surface area contributed by atoms with Gasteiger partial charge in [0.1, 0.15) is 11.8 Å². The number of aliphatic carboxylic acids is 1. The highest BCUT2D eigenvalue weighted by Crippen LogP contribution is 2.32. The number of methoxy groups -OCH3 is 1. The van der Waals surface area contributed by atoms with Crippen LogP contribution in [0.1, 0.15) is 44.6 Å². The summed E-state index contributed by atoms with van der Waals surface area (Å²) < 4.78 is 36.2. The number of carbonyl (C=O) groups excluding carboxylic acids is 3. The Hall–Kier alpha value is -5.17. The third-order valence-corrected chi connectivity index (χ3v) is 7.26. The number of anilines is 1. The van der Waals surface area contributed by atoms with E-state index in [1.807, 2.05) is 66.4 Å². The average Bonchev–Trinajstić information content (AvgIpc) is 3.41. The first-order valence-electron chi connectivity index (χ1n) is 14.0. The molecule has 3 aromatic carbocycles. The van der Waals surface area contributed by atoms with Crippen molar-refractivity contribution < 1.29 is 43.1 Å². The Kier molecular flexibility index (Phi) is 10.2. The molecule has 1 atom stereocenters. The number of aromatic amines is 1. The van der Waals surface area contributed by atoms with Crippen LogP contribution in [0.2, 0.25) is 0 Å². The number of nitrogens with one attached hydrogen (secondary N) is 2. The number of carboxylic acids is 1. The van der Waals surface area contributed by atoms with Crippen molar-refractivity contribution in [2.45, 2.75) is 38.5 Å². The zero-order chi connectivity index (χ0) is 32.7. The van der Waals surface area contributed by atoms with Crippen molar-refractivity contribution in [2.75, 3.05) is 19.0 Å². The van der Waals surface area contributed by atoms with E-state index in [-0.39, 0.29) is 11.9 Å². The number of nitrogens with zero attached hydrogens (tertiary/aromatic N) is 2. The summed E-state index contributed by atoms with van der Waals surface area (Å²) in [7, 11) is 1.33. The Balaban J connectivity index is 0.000000591. The number of amides is 2. The van der Waals surface area contributed by atoms with E-state index in [9.17, 15) is 22.8 Å². The van der Waals surface area contributed by atoms with Gasteiger partial charge in [-0.3, -0.25) is 10.1 Å². The van der Waals surface area contributed by atoms with Gasteiger partial charge in [0.25, 0.3) is 5.91 Å². The molecule has 0 fully saturated rings. The van der Waals surface area contributed by atoms with Gasteiger partial charge in [0.2, 0.25) is 0 Å². The molecule has 0 unspecified atom stereocenters. The number of benzene rings is 3. The number of alkyl halides is 3. The molecular formula is C32H32F3N5O5. The number of hydrogen-bond donors (Lipinski definition) is 3. The van der Waals surface area contributed by atoms with Gasteiger partial charge in [-0.1, -0.05) is 48.5 Å². The fourth-order valence-corrected chi connectivity index (χ4v) is 5.01. The van der Waals surface area contributed by atoms with Gasteiger partial charge in [-0.15, -0.1) is 0 Å². The minimum atomic E-state index is -5.19. The van der Waals surface area contributed by atoms with E-state index in [4.69, 9.17) is 14.9 Å². The van der Waals surface area contributed by atoms with E-state index in [0.29, 0.717) is 25.2 Å². The summed E-state index contributed by atoms with van der Waals surface area (Å²) in [4.78, 5) is 44.5. The van der Waals surface area contributed by atoms with Crippen LogP contribution in [-0.2, 0) is 28.9 Å². The number of ether oxygens (including phenoxy) is 1. The largest absolute Gasteiger partial charge is 0.542 e. The maximum absolute atomic E-state index is 13.8. The smallest absolute Gasteiger partial charge is 0.430 e. The average molecular weight is 624 g/mol. The molecule has 10 nitrogen and oxygen atoms in total. The van der Waals surface area contributed by atoms with Crippen molar-refractivity contribution in [3.05, 3.63) is 107 Å². The summed E-state index contributed by atoms with van der Waals surface area (Å²) in [5.74, 6) is -2.23. The molecule has 0 saturated heterocycles. The predicted molar refractivity (Wildman–Crippen MR) is 157 cm³/mol. The van der Waals surface area contributed by atoms with Gasteiger partial charge in [-0.2, -0.15) is 13.2 Å². The summed E-state index contributed by atoms with van der Waals surface area (Å²) in [6, 6.07) is 23.4. The van der Waals surface area contributed by atoms with Crippen molar-refractivity contribution in [3.63, 3.8) is 0 Å². The molecule has 1 aliphatic heterocycles. The molecule has 0 radical (unpaired) electrons. The molecule has 236 valence electrons. The molecule has 5 rings (SSSR count). The molecule has 0 aliphatic carbocycles. The maximum atomic E-state index is 13.8. The molecule has 4 aromatic rings. The third kappa shape index (κ3) is 8.06. The molecule has 5 N–H and O–H groups in total. The Morgan fingerprint density at radius 2 is 1.76 bits per heavy atom. The molecule has 13 heteroatoms. The van der Waals surface area contributed by atoms with Crippen molar-refractivity contribution in [3.8, 4) is 11.3 Å². The van der Waals surface area contributed by atoms with Crippen LogP contribution < -0.4 is 16.2 Å². The van der Waals surface area contributed by atoms with Gasteiger partial charge in [0.05, 0.1) is 25.4 Å². The van der Waals surface area contributed by atoms with E-state index in [0.717, 1.165) is 51.5 Å². The maximum Gasteiger partial charge on any atom is 0.430 e. The Morgan fingerprint density at radius 1 is 1.09 bits per heavy atom. The van der Waals surface area contributed by atoms with E-state index in [1.54, 1.807) is 0 Å². The quantitative estimate of drug-likeness (QED) is 0.286. The van der Waals surface area contributed by atoms with Gasteiger partial charge in [-0.05, 0) is 48.7 Å². The first-order chi connectivity index (χ1) is 21.4. The van der Waals surface area contributed by atoms with Crippen LogP contribution in [0, 0.1) is 6.92 Å². The number of halogens is 3. The summed E-state index contributed by atoms with van der Waals surface area (Å²) in [5.41, 5.74) is 11.4. The fraction of sp³-hybridized carbons (Fsp3) is 0.250. The van der Waals surface area contributed by atoms with Crippen molar-refractivity contribution in [1.82, 2.24) is 14.9 Å². The Bertz CT molecular complexity index is 1660. The van der Waals surface area contributed by atoms with Gasteiger partial charge in [-0.25, -0.2) is 9.78 Å².